The van der Waals surface area contributed by atoms with Gasteiger partial charge in [-0.15, -0.1) is 0 Å². The molecule has 46 heavy (non-hydrogen) atoms. The van der Waals surface area contributed by atoms with E-state index in [1.165, 1.54) is 0 Å². The van der Waals surface area contributed by atoms with E-state index in [1.807, 2.05) is 53.1 Å². The number of ether oxygens (including phenoxy) is 1. The summed E-state index contributed by atoms with van der Waals surface area (Å²) >= 11 is 6.42. The number of nitrogens with zero attached hydrogens (tertiary/aromatic N) is 5. The fourth-order valence-corrected chi connectivity index (χ4v) is 7.53. The number of rotatable bonds is 6. The number of amides is 4. The molecule has 1 N–H and O–H groups in total. The lowest BCUT2D eigenvalue weighted by Crippen LogP contribution is -2.56. The Morgan fingerprint density at radius 3 is 2.30 bits per heavy atom. The molecule has 1 atom stereocenters. The van der Waals surface area contributed by atoms with Crippen LogP contribution in [0.5, 0.6) is 0 Å². The molecule has 0 aliphatic carbocycles. The topological polar surface area (TPSA) is 88.7 Å². The summed E-state index contributed by atoms with van der Waals surface area (Å²) in [4.78, 5) is 50.9. The quantitative estimate of drug-likeness (QED) is 0.496. The molecule has 6 rings (SSSR count). The van der Waals surface area contributed by atoms with Crippen LogP contribution in [-0.2, 0) is 22.4 Å². The Morgan fingerprint density at radius 2 is 1.59 bits per heavy atom. The zero-order chi connectivity index (χ0) is 32.2. The largest absolute Gasteiger partial charge is 0.436 e. The highest BCUT2D eigenvalue weighted by Crippen LogP contribution is 2.26. The van der Waals surface area contributed by atoms with Crippen molar-refractivity contribution in [3.63, 3.8) is 0 Å². The first kappa shape index (κ1) is 32.6. The first-order chi connectivity index (χ1) is 22.2. The Kier molecular flexibility index (Phi) is 10.4. The van der Waals surface area contributed by atoms with Crippen LogP contribution >= 0.6 is 11.6 Å². The van der Waals surface area contributed by atoms with Gasteiger partial charge < -0.3 is 29.7 Å². The van der Waals surface area contributed by atoms with Crippen molar-refractivity contribution in [3.05, 3.63) is 64.2 Å². The van der Waals surface area contributed by atoms with Crippen molar-refractivity contribution in [2.45, 2.75) is 63.6 Å². The number of anilines is 1. The first-order valence-corrected chi connectivity index (χ1v) is 17.2. The standard InChI is InChI=1S/C35H47ClN6O4/c1-25-7-8-26(23-30(25)36)24-32(33(43)40-21-19-39(20-22-40)28-10-14-38(2)15-11-28)46-35(45)41-16-12-29(13-17-41)42-18-9-27-5-3-4-6-31(27)37-34(42)44/h3-8,23,28-29,32H,9-22,24H2,1-2H3,(H,37,44). The lowest BCUT2D eigenvalue weighted by atomic mass is 10.0. The van der Waals surface area contributed by atoms with Crippen LogP contribution in [0.2, 0.25) is 5.02 Å². The third-order valence-electron chi connectivity index (χ3n) is 10.3. The van der Waals surface area contributed by atoms with Gasteiger partial charge >= 0.3 is 12.1 Å². The minimum Gasteiger partial charge on any atom is -0.436 e. The van der Waals surface area contributed by atoms with Gasteiger partial charge in [0.05, 0.1) is 0 Å². The zero-order valence-corrected chi connectivity index (χ0v) is 27.9. The lowest BCUT2D eigenvalue weighted by molar-refractivity contribution is -0.143. The molecule has 4 aliphatic rings. The van der Waals surface area contributed by atoms with Crippen LogP contribution < -0.4 is 5.32 Å². The highest BCUT2D eigenvalue weighted by Gasteiger charge is 2.36. The van der Waals surface area contributed by atoms with E-state index in [2.05, 4.69) is 28.2 Å². The number of para-hydroxylation sites is 1. The van der Waals surface area contributed by atoms with E-state index < -0.39 is 12.2 Å². The molecular weight excluding hydrogens is 604 g/mol. The highest BCUT2D eigenvalue weighted by molar-refractivity contribution is 6.31. The summed E-state index contributed by atoms with van der Waals surface area (Å²) in [7, 11) is 2.17. The summed E-state index contributed by atoms with van der Waals surface area (Å²) in [5.74, 6) is -0.149. The molecule has 0 aromatic heterocycles. The normalized spacial score (nSPS) is 21.4. The molecule has 0 bridgehead atoms. The third kappa shape index (κ3) is 7.61. The van der Waals surface area contributed by atoms with Gasteiger partial charge in [-0.2, -0.15) is 0 Å². The van der Waals surface area contributed by atoms with Gasteiger partial charge in [0.1, 0.15) is 0 Å². The molecule has 0 radical (unpaired) electrons. The second-order valence-corrected chi connectivity index (χ2v) is 13.7. The van der Waals surface area contributed by atoms with Crippen molar-refractivity contribution in [3.8, 4) is 0 Å². The van der Waals surface area contributed by atoms with Crippen molar-refractivity contribution in [1.29, 1.82) is 0 Å². The van der Waals surface area contributed by atoms with Gasteiger partial charge in [0, 0.05) is 75.0 Å². The van der Waals surface area contributed by atoms with Crippen molar-refractivity contribution in [2.24, 2.45) is 0 Å². The number of urea groups is 1. The number of piperazine rings is 1. The van der Waals surface area contributed by atoms with E-state index in [0.29, 0.717) is 56.6 Å². The van der Waals surface area contributed by atoms with Crippen LogP contribution in [0.4, 0.5) is 15.3 Å². The van der Waals surface area contributed by atoms with Crippen molar-refractivity contribution in [2.75, 3.05) is 71.3 Å². The molecule has 4 amide bonds. The Balaban J connectivity index is 1.07. The maximum absolute atomic E-state index is 13.9. The zero-order valence-electron chi connectivity index (χ0n) is 27.1. The number of piperidine rings is 2. The van der Waals surface area contributed by atoms with E-state index >= 15 is 0 Å². The van der Waals surface area contributed by atoms with Crippen LogP contribution in [0.1, 0.15) is 42.4 Å². The number of aryl methyl sites for hydroxylation is 1. The van der Waals surface area contributed by atoms with E-state index in [4.69, 9.17) is 16.3 Å². The molecule has 11 heteroatoms. The van der Waals surface area contributed by atoms with Crippen LogP contribution in [-0.4, -0.2) is 127 Å². The number of hydrogen-bond acceptors (Lipinski definition) is 6. The minimum absolute atomic E-state index is 0.0337. The number of benzene rings is 2. The predicted octanol–water partition coefficient (Wildman–Crippen LogP) is 4.49. The third-order valence-corrected chi connectivity index (χ3v) is 10.7. The molecule has 4 heterocycles. The average molecular weight is 651 g/mol. The fraction of sp³-hybridized carbons (Fsp3) is 0.571. The number of nitrogens with one attached hydrogen (secondary N) is 1. The number of hydrogen-bond donors (Lipinski definition) is 1. The molecule has 4 aliphatic heterocycles. The second-order valence-electron chi connectivity index (χ2n) is 13.3. The first-order valence-electron chi connectivity index (χ1n) is 16.8. The summed E-state index contributed by atoms with van der Waals surface area (Å²) < 4.78 is 6.04. The average Bonchev–Trinajstić information content (AvgIpc) is 3.24. The van der Waals surface area contributed by atoms with Crippen LogP contribution in [0.3, 0.4) is 0 Å². The van der Waals surface area contributed by atoms with Gasteiger partial charge in [0.25, 0.3) is 5.91 Å². The van der Waals surface area contributed by atoms with E-state index in [1.54, 1.807) is 4.90 Å². The van der Waals surface area contributed by atoms with Crippen molar-refractivity contribution >= 4 is 35.3 Å². The van der Waals surface area contributed by atoms with E-state index in [9.17, 15) is 14.4 Å². The van der Waals surface area contributed by atoms with Gasteiger partial charge in [0.15, 0.2) is 6.10 Å². The molecular formula is C35H47ClN6O4. The molecule has 3 saturated heterocycles. The van der Waals surface area contributed by atoms with E-state index in [-0.39, 0.29) is 24.4 Å². The Hall–Kier alpha value is -3.34. The Labute approximate surface area is 277 Å². The molecule has 3 fully saturated rings. The van der Waals surface area contributed by atoms with Gasteiger partial charge in [-0.05, 0) is 88.0 Å². The number of carbonyl (C=O) groups excluding carboxylic acids is 3. The maximum Gasteiger partial charge on any atom is 0.410 e. The number of likely N-dealkylation sites (tertiary alicyclic amines) is 2. The lowest BCUT2D eigenvalue weighted by Gasteiger charge is -2.42. The Morgan fingerprint density at radius 1 is 0.891 bits per heavy atom. The fourth-order valence-electron chi connectivity index (χ4n) is 7.32. The maximum atomic E-state index is 13.9. The monoisotopic (exact) mass is 650 g/mol. The van der Waals surface area contributed by atoms with Gasteiger partial charge in [0.2, 0.25) is 0 Å². The predicted molar refractivity (Wildman–Crippen MR) is 179 cm³/mol. The molecule has 10 nitrogen and oxygen atoms in total. The number of fused-ring (bicyclic) bond motifs is 1. The van der Waals surface area contributed by atoms with Crippen molar-refractivity contribution < 1.29 is 19.1 Å². The molecule has 2 aromatic carbocycles. The summed E-state index contributed by atoms with van der Waals surface area (Å²) in [5, 5.41) is 3.68. The van der Waals surface area contributed by atoms with Crippen LogP contribution in [0.25, 0.3) is 0 Å². The van der Waals surface area contributed by atoms with Gasteiger partial charge in [-0.25, -0.2) is 9.59 Å². The van der Waals surface area contributed by atoms with Gasteiger partial charge in [-0.1, -0.05) is 41.9 Å². The molecule has 1 unspecified atom stereocenters. The molecule has 248 valence electrons. The smallest absolute Gasteiger partial charge is 0.410 e. The Bertz CT molecular complexity index is 1400. The van der Waals surface area contributed by atoms with Gasteiger partial charge in [-0.3, -0.25) is 9.69 Å². The second kappa shape index (κ2) is 14.6. The summed E-state index contributed by atoms with van der Waals surface area (Å²) in [6.07, 6.45) is 3.27. The number of carbonyl (C=O) groups is 3. The SMILES string of the molecule is Cc1ccc(CC(OC(=O)N2CCC(N3CCc4ccccc4NC3=O)CC2)C(=O)N2CCN(C3CCN(C)CC3)CC2)cc1Cl. The van der Waals surface area contributed by atoms with Crippen LogP contribution in [0.15, 0.2) is 42.5 Å². The molecule has 0 spiro atoms. The summed E-state index contributed by atoms with van der Waals surface area (Å²) in [6, 6.07) is 14.2. The minimum atomic E-state index is -0.936. The summed E-state index contributed by atoms with van der Waals surface area (Å²) in [5.41, 5.74) is 3.82. The van der Waals surface area contributed by atoms with Crippen LogP contribution in [0, 0.1) is 6.92 Å². The van der Waals surface area contributed by atoms with Crippen molar-refractivity contribution in [1.82, 2.24) is 24.5 Å². The molecule has 0 saturated carbocycles. The number of halogens is 1. The van der Waals surface area contributed by atoms with E-state index in [0.717, 1.165) is 67.8 Å². The summed E-state index contributed by atoms with van der Waals surface area (Å²) in [6.45, 7) is 8.64. The highest BCUT2D eigenvalue weighted by atomic mass is 35.5. The molecule has 2 aromatic rings.